The van der Waals surface area contributed by atoms with Crippen molar-refractivity contribution in [2.45, 2.75) is 26.8 Å². The summed E-state index contributed by atoms with van der Waals surface area (Å²) in [7, 11) is 0. The SMILES string of the molecule is CCN(CC)C(=O)C(C)NCCOC(N)=O. The zero-order chi connectivity index (χ0) is 12.6. The summed E-state index contributed by atoms with van der Waals surface area (Å²) in [4.78, 5) is 23.8. The molecule has 2 amide bonds. The number of likely N-dealkylation sites (N-methyl/N-ethyl adjacent to an activating group) is 1. The fourth-order valence-corrected chi connectivity index (χ4v) is 1.32. The van der Waals surface area contributed by atoms with E-state index in [1.165, 1.54) is 0 Å². The van der Waals surface area contributed by atoms with Crippen LogP contribution in [0.2, 0.25) is 0 Å². The molecule has 1 unspecified atom stereocenters. The molecule has 94 valence electrons. The van der Waals surface area contributed by atoms with Gasteiger partial charge in [0.1, 0.15) is 6.61 Å². The van der Waals surface area contributed by atoms with Gasteiger partial charge in [-0.1, -0.05) is 0 Å². The molecule has 0 aliphatic carbocycles. The minimum Gasteiger partial charge on any atom is -0.448 e. The maximum Gasteiger partial charge on any atom is 0.404 e. The monoisotopic (exact) mass is 231 g/mol. The van der Waals surface area contributed by atoms with Gasteiger partial charge in [0, 0.05) is 19.6 Å². The average molecular weight is 231 g/mol. The number of nitrogens with one attached hydrogen (secondary N) is 1. The third-order valence-corrected chi connectivity index (χ3v) is 2.24. The summed E-state index contributed by atoms with van der Waals surface area (Å²) in [6.45, 7) is 7.63. The van der Waals surface area contributed by atoms with Gasteiger partial charge in [-0.25, -0.2) is 4.79 Å². The molecule has 0 aliphatic rings. The molecule has 0 saturated carbocycles. The Morgan fingerprint density at radius 3 is 2.38 bits per heavy atom. The first-order valence-electron chi connectivity index (χ1n) is 5.47. The van der Waals surface area contributed by atoms with Gasteiger partial charge >= 0.3 is 6.09 Å². The first kappa shape index (κ1) is 14.7. The Hall–Kier alpha value is -1.30. The van der Waals surface area contributed by atoms with Crippen LogP contribution < -0.4 is 11.1 Å². The summed E-state index contributed by atoms with van der Waals surface area (Å²) in [6, 6.07) is -0.281. The standard InChI is InChI=1S/C10H21N3O3/c1-4-13(5-2)9(14)8(3)12-6-7-16-10(11)15/h8,12H,4-7H2,1-3H3,(H2,11,15). The van der Waals surface area contributed by atoms with Crippen molar-refractivity contribution in [2.75, 3.05) is 26.2 Å². The van der Waals surface area contributed by atoms with Crippen LogP contribution in [0.25, 0.3) is 0 Å². The maximum absolute atomic E-state index is 11.8. The predicted octanol–water partition coefficient (Wildman–Crippen LogP) is -0.0718. The molecular formula is C10H21N3O3. The average Bonchev–Trinajstić information content (AvgIpc) is 2.25. The summed E-state index contributed by atoms with van der Waals surface area (Å²) in [5.41, 5.74) is 4.80. The minimum atomic E-state index is -0.801. The molecule has 6 heteroatoms. The van der Waals surface area contributed by atoms with Crippen molar-refractivity contribution in [2.24, 2.45) is 5.73 Å². The van der Waals surface area contributed by atoms with Crippen LogP contribution in [-0.2, 0) is 9.53 Å². The lowest BCUT2D eigenvalue weighted by Gasteiger charge is -2.23. The van der Waals surface area contributed by atoms with Gasteiger partial charge in [0.25, 0.3) is 0 Å². The van der Waals surface area contributed by atoms with E-state index in [1.807, 2.05) is 13.8 Å². The highest BCUT2D eigenvalue weighted by Crippen LogP contribution is 1.94. The Bertz CT molecular complexity index is 229. The molecule has 6 nitrogen and oxygen atoms in total. The first-order valence-corrected chi connectivity index (χ1v) is 5.47. The number of amides is 2. The molecule has 16 heavy (non-hydrogen) atoms. The van der Waals surface area contributed by atoms with E-state index >= 15 is 0 Å². The lowest BCUT2D eigenvalue weighted by molar-refractivity contribution is -0.132. The van der Waals surface area contributed by atoms with Crippen molar-refractivity contribution < 1.29 is 14.3 Å². The van der Waals surface area contributed by atoms with Gasteiger partial charge in [-0.05, 0) is 20.8 Å². The molecule has 0 fully saturated rings. The number of hydrogen-bond acceptors (Lipinski definition) is 4. The van der Waals surface area contributed by atoms with Gasteiger partial charge < -0.3 is 20.7 Å². The smallest absolute Gasteiger partial charge is 0.404 e. The Labute approximate surface area is 96.1 Å². The molecule has 0 aromatic rings. The van der Waals surface area contributed by atoms with Crippen LogP contribution in [0.3, 0.4) is 0 Å². The fourth-order valence-electron chi connectivity index (χ4n) is 1.32. The molecule has 0 bridgehead atoms. The molecule has 1 atom stereocenters. The van der Waals surface area contributed by atoms with E-state index in [0.717, 1.165) is 0 Å². The zero-order valence-corrected chi connectivity index (χ0v) is 10.2. The topological polar surface area (TPSA) is 84.7 Å². The number of nitrogens with two attached hydrogens (primary N) is 1. The third-order valence-electron chi connectivity index (χ3n) is 2.24. The fraction of sp³-hybridized carbons (Fsp3) is 0.800. The van der Waals surface area contributed by atoms with Crippen LogP contribution in [-0.4, -0.2) is 49.2 Å². The predicted molar refractivity (Wildman–Crippen MR) is 60.9 cm³/mol. The largest absolute Gasteiger partial charge is 0.448 e. The van der Waals surface area contributed by atoms with Crippen molar-refractivity contribution in [3.8, 4) is 0 Å². The zero-order valence-electron chi connectivity index (χ0n) is 10.2. The molecule has 0 rings (SSSR count). The molecule has 0 aliphatic heterocycles. The molecule has 0 radical (unpaired) electrons. The van der Waals surface area contributed by atoms with Gasteiger partial charge in [0.05, 0.1) is 6.04 Å². The van der Waals surface area contributed by atoms with Crippen LogP contribution >= 0.6 is 0 Å². The highest BCUT2D eigenvalue weighted by Gasteiger charge is 2.16. The highest BCUT2D eigenvalue weighted by atomic mass is 16.5. The van der Waals surface area contributed by atoms with E-state index in [-0.39, 0.29) is 18.6 Å². The van der Waals surface area contributed by atoms with Crippen molar-refractivity contribution >= 4 is 12.0 Å². The molecule has 3 N–H and O–H groups in total. The van der Waals surface area contributed by atoms with Gasteiger partial charge in [0.15, 0.2) is 0 Å². The summed E-state index contributed by atoms with van der Waals surface area (Å²) >= 11 is 0. The Morgan fingerprint density at radius 2 is 1.94 bits per heavy atom. The lowest BCUT2D eigenvalue weighted by atomic mass is 10.3. The number of primary amides is 1. The van der Waals surface area contributed by atoms with Crippen LogP contribution in [0.5, 0.6) is 0 Å². The van der Waals surface area contributed by atoms with E-state index in [0.29, 0.717) is 19.6 Å². The van der Waals surface area contributed by atoms with Crippen LogP contribution in [0, 0.1) is 0 Å². The number of carbonyl (C=O) groups is 2. The van der Waals surface area contributed by atoms with Crippen molar-refractivity contribution in [1.82, 2.24) is 10.2 Å². The van der Waals surface area contributed by atoms with Crippen molar-refractivity contribution in [3.05, 3.63) is 0 Å². The lowest BCUT2D eigenvalue weighted by Crippen LogP contribution is -2.45. The third kappa shape index (κ3) is 5.55. The second kappa shape index (κ2) is 7.92. The molecule has 0 saturated heterocycles. The Balaban J connectivity index is 3.82. The Kier molecular flexibility index (Phi) is 7.28. The van der Waals surface area contributed by atoms with Gasteiger partial charge in [-0.2, -0.15) is 0 Å². The summed E-state index contributed by atoms with van der Waals surface area (Å²) in [5.74, 6) is 0.0454. The number of nitrogens with zero attached hydrogens (tertiary/aromatic N) is 1. The molecule has 0 spiro atoms. The van der Waals surface area contributed by atoms with Gasteiger partial charge in [0.2, 0.25) is 5.91 Å². The summed E-state index contributed by atoms with van der Waals surface area (Å²) in [5, 5.41) is 2.96. The van der Waals surface area contributed by atoms with Gasteiger partial charge in [-0.3, -0.25) is 4.79 Å². The van der Waals surface area contributed by atoms with E-state index in [1.54, 1.807) is 11.8 Å². The van der Waals surface area contributed by atoms with Crippen LogP contribution in [0.1, 0.15) is 20.8 Å². The normalized spacial score (nSPS) is 11.9. The first-order chi connectivity index (χ1) is 7.52. The van der Waals surface area contributed by atoms with Crippen LogP contribution in [0.4, 0.5) is 4.79 Å². The number of carbonyl (C=O) groups excluding carboxylic acids is 2. The van der Waals surface area contributed by atoms with Crippen molar-refractivity contribution in [3.63, 3.8) is 0 Å². The number of ether oxygens (including phenoxy) is 1. The van der Waals surface area contributed by atoms with E-state index < -0.39 is 6.09 Å². The second-order valence-electron chi connectivity index (χ2n) is 3.35. The summed E-state index contributed by atoms with van der Waals surface area (Å²) < 4.78 is 4.54. The van der Waals surface area contributed by atoms with E-state index in [4.69, 9.17) is 5.73 Å². The summed E-state index contributed by atoms with van der Waals surface area (Å²) in [6.07, 6.45) is -0.801. The molecule has 0 aromatic carbocycles. The van der Waals surface area contributed by atoms with Crippen molar-refractivity contribution in [1.29, 1.82) is 0 Å². The van der Waals surface area contributed by atoms with Gasteiger partial charge in [-0.15, -0.1) is 0 Å². The van der Waals surface area contributed by atoms with E-state index in [2.05, 4.69) is 10.1 Å². The van der Waals surface area contributed by atoms with E-state index in [9.17, 15) is 9.59 Å². The number of hydrogen-bond donors (Lipinski definition) is 2. The second-order valence-corrected chi connectivity index (χ2v) is 3.35. The molecular weight excluding hydrogens is 210 g/mol. The number of rotatable bonds is 7. The minimum absolute atomic E-state index is 0.0454. The quantitative estimate of drug-likeness (QED) is 0.601. The Morgan fingerprint density at radius 1 is 1.38 bits per heavy atom. The molecule has 0 heterocycles. The van der Waals surface area contributed by atoms with Crippen LogP contribution in [0.15, 0.2) is 0 Å². The molecule has 0 aromatic heterocycles. The highest BCUT2D eigenvalue weighted by molar-refractivity contribution is 5.81. The maximum atomic E-state index is 11.8.